The first-order valence-corrected chi connectivity index (χ1v) is 5.00. The van der Waals surface area contributed by atoms with Crippen molar-refractivity contribution in [2.24, 2.45) is 0 Å². The number of imidazole rings is 1. The average Bonchev–Trinajstić information content (AvgIpc) is 2.81. The van der Waals surface area contributed by atoms with Crippen LogP contribution < -0.4 is 18.9 Å². The Hall–Kier alpha value is -2.08. The first kappa shape index (κ1) is 17.0. The molecule has 0 radical (unpaired) electrons. The fourth-order valence-corrected chi connectivity index (χ4v) is 1.56. The van der Waals surface area contributed by atoms with E-state index in [0.29, 0.717) is 0 Å². The molecular formula is C11H4F5LiN4. The molecule has 1 heterocycles. The molecule has 104 valence electrons. The minimum absolute atomic E-state index is 0. The third kappa shape index (κ3) is 2.58. The van der Waals surface area contributed by atoms with E-state index in [4.69, 9.17) is 10.5 Å². The molecule has 0 aliphatic rings. The normalized spacial score (nSPS) is 11.6. The molecule has 0 saturated heterocycles. The number of benzene rings is 1. The molecule has 0 atom stereocenters. The minimum atomic E-state index is -5.83. The molecule has 4 nitrogen and oxygen atoms in total. The van der Waals surface area contributed by atoms with Gasteiger partial charge in [0.05, 0.1) is 16.6 Å². The predicted octanol–water partition coefficient (Wildman–Crippen LogP) is 0.0769. The molecule has 0 amide bonds. The largest absolute Gasteiger partial charge is 1.00 e. The number of H-pyrrole nitrogens is 1. The number of rotatable bonds is 1. The van der Waals surface area contributed by atoms with E-state index in [9.17, 15) is 22.0 Å². The number of nitrogens with one attached hydrogen (secondary N) is 1. The van der Waals surface area contributed by atoms with Crippen LogP contribution in [0.1, 0.15) is 18.4 Å². The van der Waals surface area contributed by atoms with Gasteiger partial charge in [0, 0.05) is 0 Å². The van der Waals surface area contributed by atoms with Crippen LogP contribution in [0.2, 0.25) is 0 Å². The second-order valence-electron chi connectivity index (χ2n) is 3.77. The first-order valence-electron chi connectivity index (χ1n) is 5.00. The van der Waals surface area contributed by atoms with Gasteiger partial charge in [0.2, 0.25) is 0 Å². The van der Waals surface area contributed by atoms with Crippen LogP contribution in [0.5, 0.6) is 0 Å². The summed E-state index contributed by atoms with van der Waals surface area (Å²) in [4.78, 5) is 4.91. The van der Waals surface area contributed by atoms with Gasteiger partial charge < -0.3 is 6.41 Å². The number of fused-ring (bicyclic) bond motifs is 1. The Morgan fingerprint density at radius 2 is 1.57 bits per heavy atom. The maximum atomic E-state index is 13.2. The summed E-state index contributed by atoms with van der Waals surface area (Å²) < 4.78 is 63.2. The van der Waals surface area contributed by atoms with Crippen LogP contribution in [-0.2, 0) is 5.92 Å². The van der Waals surface area contributed by atoms with Crippen LogP contribution in [0.4, 0.5) is 22.0 Å². The third-order valence-electron chi connectivity index (χ3n) is 2.54. The van der Waals surface area contributed by atoms with E-state index >= 15 is 0 Å². The van der Waals surface area contributed by atoms with Crippen molar-refractivity contribution in [2.75, 3.05) is 0 Å². The summed E-state index contributed by atoms with van der Waals surface area (Å²) >= 11 is 0. The van der Waals surface area contributed by atoms with Crippen LogP contribution >= 0.6 is 0 Å². The van der Waals surface area contributed by atoms with E-state index < -0.39 is 23.4 Å². The van der Waals surface area contributed by atoms with Crippen LogP contribution in [0.25, 0.3) is 11.0 Å². The Balaban J connectivity index is 0.00000220. The molecule has 1 aromatic carbocycles. The van der Waals surface area contributed by atoms with E-state index in [1.807, 2.05) is 0 Å². The molecule has 0 saturated carbocycles. The van der Waals surface area contributed by atoms with Crippen LogP contribution in [0.3, 0.4) is 0 Å². The van der Waals surface area contributed by atoms with Gasteiger partial charge in [-0.1, -0.05) is 0 Å². The summed E-state index contributed by atoms with van der Waals surface area (Å²) in [7, 11) is 0. The minimum Gasteiger partial charge on any atom is -1.00 e. The second kappa shape index (κ2) is 5.36. The van der Waals surface area contributed by atoms with Crippen molar-refractivity contribution in [2.45, 2.75) is 12.1 Å². The Morgan fingerprint density at radius 1 is 1.05 bits per heavy atom. The third-order valence-corrected chi connectivity index (χ3v) is 2.54. The van der Waals surface area contributed by atoms with Gasteiger partial charge in [-0.3, -0.25) is 0 Å². The molecule has 2 rings (SSSR count). The number of nitriles is 2. The van der Waals surface area contributed by atoms with Crippen molar-refractivity contribution in [3.8, 4) is 12.1 Å². The summed E-state index contributed by atoms with van der Waals surface area (Å²) in [6.45, 7) is 0. The monoisotopic (exact) mass is 294 g/mol. The van der Waals surface area contributed by atoms with Crippen molar-refractivity contribution in [1.29, 1.82) is 10.5 Å². The molecule has 0 unspecified atom stereocenters. The van der Waals surface area contributed by atoms with E-state index in [1.165, 1.54) is 0 Å². The van der Waals surface area contributed by atoms with Crippen molar-refractivity contribution in [3.05, 3.63) is 29.1 Å². The molecule has 2 aromatic rings. The van der Waals surface area contributed by atoms with Crippen molar-refractivity contribution >= 4 is 11.0 Å². The zero-order chi connectivity index (χ0) is 15.1. The van der Waals surface area contributed by atoms with Gasteiger partial charge in [0.1, 0.15) is 17.7 Å². The SMILES string of the molecule is N#Cc1ccc(C#N)c2[nH]c(C(F)(F)C(F)(F)F)nc12.[H-].[Li+]. The van der Waals surface area contributed by atoms with Gasteiger partial charge in [-0.05, 0) is 12.1 Å². The number of alkyl halides is 5. The van der Waals surface area contributed by atoms with Gasteiger partial charge in [-0.25, -0.2) is 4.98 Å². The van der Waals surface area contributed by atoms with Crippen molar-refractivity contribution in [3.63, 3.8) is 0 Å². The first-order chi connectivity index (χ1) is 9.22. The molecule has 1 N–H and O–H groups in total. The van der Waals surface area contributed by atoms with Gasteiger partial charge >= 0.3 is 31.0 Å². The smallest absolute Gasteiger partial charge is 1.00 e. The van der Waals surface area contributed by atoms with Crippen molar-refractivity contribution in [1.82, 2.24) is 9.97 Å². The molecule has 0 aliphatic heterocycles. The molecule has 10 heteroatoms. The Kier molecular flexibility index (Phi) is 4.34. The summed E-state index contributed by atoms with van der Waals surface area (Å²) in [5.74, 6) is -6.86. The molecular weight excluding hydrogens is 290 g/mol. The number of hydrogen-bond donors (Lipinski definition) is 1. The zero-order valence-electron chi connectivity index (χ0n) is 11.4. The Morgan fingerprint density at radius 3 is 2.05 bits per heavy atom. The summed E-state index contributed by atoms with van der Waals surface area (Å²) in [5, 5.41) is 17.6. The maximum Gasteiger partial charge on any atom is 1.00 e. The topological polar surface area (TPSA) is 76.3 Å². The quantitative estimate of drug-likeness (QED) is 0.597. The Bertz CT molecular complexity index is 721. The molecule has 0 bridgehead atoms. The van der Waals surface area contributed by atoms with E-state index in [0.717, 1.165) is 12.1 Å². The summed E-state index contributed by atoms with van der Waals surface area (Å²) in [6, 6.07) is 5.48. The van der Waals surface area contributed by atoms with Gasteiger partial charge in [-0.15, -0.1) is 0 Å². The van der Waals surface area contributed by atoms with Crippen LogP contribution in [0, 0.1) is 22.7 Å². The average molecular weight is 294 g/mol. The molecule has 21 heavy (non-hydrogen) atoms. The van der Waals surface area contributed by atoms with Gasteiger partial charge in [0.15, 0.2) is 5.82 Å². The molecule has 1 aromatic heterocycles. The van der Waals surface area contributed by atoms with Gasteiger partial charge in [-0.2, -0.15) is 32.5 Å². The van der Waals surface area contributed by atoms with E-state index in [-0.39, 0.29) is 36.9 Å². The summed E-state index contributed by atoms with van der Waals surface area (Å²) in [5.41, 5.74) is -1.12. The fourth-order valence-electron chi connectivity index (χ4n) is 1.56. The number of halogens is 5. The summed E-state index contributed by atoms with van der Waals surface area (Å²) in [6.07, 6.45) is -5.83. The Labute approximate surface area is 127 Å². The standard InChI is InChI=1S/C11H3F5N4.Li.H/c12-10(13,11(14,15)16)9-19-7-5(3-17)1-2-6(4-18)8(7)20-9;;/h1-2H,(H,19,20);;/q;+1;-1. The molecule has 0 spiro atoms. The van der Waals surface area contributed by atoms with Gasteiger partial charge in [0.25, 0.3) is 0 Å². The van der Waals surface area contributed by atoms with Crippen molar-refractivity contribution < 1.29 is 42.2 Å². The predicted molar refractivity (Wildman–Crippen MR) is 56.6 cm³/mol. The maximum absolute atomic E-state index is 13.2. The van der Waals surface area contributed by atoms with Crippen LogP contribution in [-0.4, -0.2) is 16.1 Å². The van der Waals surface area contributed by atoms with E-state index in [2.05, 4.69) is 4.98 Å². The number of aromatic amines is 1. The second-order valence-corrected chi connectivity index (χ2v) is 3.77. The van der Waals surface area contributed by atoms with E-state index in [1.54, 1.807) is 17.1 Å². The zero-order valence-corrected chi connectivity index (χ0v) is 10.4. The number of aromatic nitrogens is 2. The van der Waals surface area contributed by atoms with Crippen LogP contribution in [0.15, 0.2) is 12.1 Å². The molecule has 0 fully saturated rings. The number of hydrogen-bond acceptors (Lipinski definition) is 3. The fraction of sp³-hybridized carbons (Fsp3) is 0.182. The molecule has 0 aliphatic carbocycles. The number of nitrogens with zero attached hydrogens (tertiary/aromatic N) is 3.